The van der Waals surface area contributed by atoms with Gasteiger partial charge in [-0.05, 0) is 0 Å². The molecule has 0 aromatic carbocycles. The number of nitriles is 2. The maximum Gasteiger partial charge on any atom is 0.225 e. The molecule has 0 aliphatic rings. The van der Waals surface area contributed by atoms with Crippen LogP contribution in [-0.4, -0.2) is 10.5 Å². The third kappa shape index (κ3) is 3.98. The minimum atomic E-state index is -1.21. The van der Waals surface area contributed by atoms with Gasteiger partial charge in [-0.2, -0.15) is 10.5 Å². The number of hydrogen-bond donors (Lipinski definition) is 0. The molecule has 0 fully saturated rings. The Labute approximate surface area is 94.8 Å². The molecule has 0 aliphatic carbocycles. The Balaban J connectivity index is 4.77. The van der Waals surface area contributed by atoms with Gasteiger partial charge < -0.3 is 0 Å². The van der Waals surface area contributed by atoms with Crippen LogP contribution in [0.2, 0.25) is 0 Å². The third-order valence-corrected chi connectivity index (χ3v) is 2.53. The summed E-state index contributed by atoms with van der Waals surface area (Å²) in [4.78, 5) is 10.7. The van der Waals surface area contributed by atoms with E-state index in [1.54, 1.807) is 0 Å². The van der Waals surface area contributed by atoms with Crippen molar-refractivity contribution in [3.05, 3.63) is 10.1 Å². The first kappa shape index (κ1) is 13.9. The van der Waals surface area contributed by atoms with Crippen LogP contribution < -0.4 is 0 Å². The number of hydrogen-bond acceptors (Lipinski definition) is 4. The second-order valence-electron chi connectivity index (χ2n) is 3.50. The summed E-state index contributed by atoms with van der Waals surface area (Å²) in [5.41, 5.74) is -1.21. The lowest BCUT2D eigenvalue weighted by atomic mass is 9.85. The normalized spacial score (nSPS) is 9.81. The van der Waals surface area contributed by atoms with Crippen LogP contribution in [0.3, 0.4) is 0 Å². The van der Waals surface area contributed by atoms with Crippen LogP contribution in [0.25, 0.3) is 0 Å². The van der Waals surface area contributed by atoms with Gasteiger partial charge in [0.2, 0.25) is 5.54 Å². The van der Waals surface area contributed by atoms with Gasteiger partial charge in [0.25, 0.3) is 0 Å². The van der Waals surface area contributed by atoms with Crippen molar-refractivity contribution in [2.24, 2.45) is 0 Å². The first-order valence-corrected chi connectivity index (χ1v) is 4.95. The molecule has 0 saturated carbocycles. The molecule has 5 heteroatoms. The number of terminal acetylenes is 1. The van der Waals surface area contributed by atoms with Crippen molar-refractivity contribution >= 4 is 0 Å². The molecule has 0 unspecified atom stereocenters. The number of nitrogens with zero attached hydrogens (tertiary/aromatic N) is 3. The van der Waals surface area contributed by atoms with Gasteiger partial charge in [-0.1, -0.05) is 0 Å². The zero-order valence-electron chi connectivity index (χ0n) is 8.98. The van der Waals surface area contributed by atoms with E-state index in [1.165, 1.54) is 0 Å². The van der Waals surface area contributed by atoms with Crippen LogP contribution in [0.15, 0.2) is 0 Å². The van der Waals surface area contributed by atoms with E-state index in [-0.39, 0.29) is 43.4 Å². The smallest absolute Gasteiger partial charge is 0.225 e. The lowest BCUT2D eigenvalue weighted by molar-refractivity contribution is -0.573. The van der Waals surface area contributed by atoms with Crippen molar-refractivity contribution in [2.75, 3.05) is 0 Å². The minimum Gasteiger partial charge on any atom is -0.264 e. The van der Waals surface area contributed by atoms with E-state index in [0.717, 1.165) is 0 Å². The van der Waals surface area contributed by atoms with E-state index in [4.69, 9.17) is 16.9 Å². The fourth-order valence-electron chi connectivity index (χ4n) is 1.53. The van der Waals surface area contributed by atoms with Crippen molar-refractivity contribution in [1.82, 2.24) is 0 Å². The summed E-state index contributed by atoms with van der Waals surface area (Å²) >= 11 is 0. The highest BCUT2D eigenvalue weighted by Crippen LogP contribution is 2.28. The Morgan fingerprint density at radius 2 is 1.56 bits per heavy atom. The molecule has 0 amide bonds. The maximum absolute atomic E-state index is 11.1. The van der Waals surface area contributed by atoms with Crippen LogP contribution in [0.1, 0.15) is 38.5 Å². The average Bonchev–Trinajstić information content (AvgIpc) is 2.28. The molecule has 0 N–H and O–H groups in total. The van der Waals surface area contributed by atoms with Gasteiger partial charge in [0.1, 0.15) is 0 Å². The van der Waals surface area contributed by atoms with Crippen molar-refractivity contribution in [1.29, 1.82) is 10.5 Å². The van der Waals surface area contributed by atoms with Crippen molar-refractivity contribution in [3.8, 4) is 24.5 Å². The zero-order chi connectivity index (χ0) is 12.4. The molecule has 0 rings (SSSR count). The Bertz CT molecular complexity index is 311. The van der Waals surface area contributed by atoms with Gasteiger partial charge in [0, 0.05) is 43.4 Å². The zero-order valence-corrected chi connectivity index (χ0v) is 8.98. The van der Waals surface area contributed by atoms with Gasteiger partial charge in [-0.15, -0.1) is 12.3 Å². The molecular weight excluding hydrogens is 206 g/mol. The monoisotopic (exact) mass is 219 g/mol. The van der Waals surface area contributed by atoms with Gasteiger partial charge >= 0.3 is 0 Å². The predicted octanol–water partition coefficient (Wildman–Crippen LogP) is 2.02. The second kappa shape index (κ2) is 7.26. The number of rotatable bonds is 7. The van der Waals surface area contributed by atoms with Crippen molar-refractivity contribution in [2.45, 2.75) is 44.1 Å². The molecule has 0 saturated heterocycles. The van der Waals surface area contributed by atoms with Crippen LogP contribution >= 0.6 is 0 Å². The second-order valence-corrected chi connectivity index (χ2v) is 3.50. The third-order valence-electron chi connectivity index (χ3n) is 2.53. The van der Waals surface area contributed by atoms with Gasteiger partial charge in [-0.25, -0.2) is 0 Å². The predicted molar refractivity (Wildman–Crippen MR) is 57.5 cm³/mol. The molecule has 0 aromatic heterocycles. The van der Waals surface area contributed by atoms with E-state index in [9.17, 15) is 10.1 Å². The molecule has 0 aliphatic heterocycles. The SMILES string of the molecule is C#CCCC(CCC#N)(CCC#N)[N+](=O)[O-]. The Hall–Kier alpha value is -2.06. The molecule has 16 heavy (non-hydrogen) atoms. The van der Waals surface area contributed by atoms with Crippen LogP contribution in [0.5, 0.6) is 0 Å². The molecule has 0 radical (unpaired) electrons. The van der Waals surface area contributed by atoms with Crippen LogP contribution in [0.4, 0.5) is 0 Å². The summed E-state index contributed by atoms with van der Waals surface area (Å²) in [6, 6.07) is 3.78. The molecule has 5 nitrogen and oxygen atoms in total. The standard InChI is InChI=1S/C11H13N3O2/c1-2-3-6-11(14(15)16,7-4-9-12)8-5-10-13/h1H,3-8H2. The Morgan fingerprint density at radius 1 is 1.12 bits per heavy atom. The summed E-state index contributed by atoms with van der Waals surface area (Å²) in [5.74, 6) is 2.36. The molecule has 0 aromatic rings. The fraction of sp³-hybridized carbons (Fsp3) is 0.636. The van der Waals surface area contributed by atoms with E-state index in [2.05, 4.69) is 5.92 Å². The highest BCUT2D eigenvalue weighted by molar-refractivity contribution is 4.93. The summed E-state index contributed by atoms with van der Waals surface area (Å²) in [6.45, 7) is 0. The summed E-state index contributed by atoms with van der Waals surface area (Å²) in [7, 11) is 0. The summed E-state index contributed by atoms with van der Waals surface area (Å²) in [5, 5.41) is 28.0. The fourth-order valence-corrected chi connectivity index (χ4v) is 1.53. The Morgan fingerprint density at radius 3 is 1.88 bits per heavy atom. The van der Waals surface area contributed by atoms with Crippen molar-refractivity contribution in [3.63, 3.8) is 0 Å². The molecule has 0 spiro atoms. The van der Waals surface area contributed by atoms with Crippen LogP contribution in [0, 0.1) is 45.1 Å². The van der Waals surface area contributed by atoms with Gasteiger partial charge in [0.05, 0.1) is 12.1 Å². The maximum atomic E-state index is 11.1. The van der Waals surface area contributed by atoms with Gasteiger partial charge in [0.15, 0.2) is 0 Å². The van der Waals surface area contributed by atoms with Gasteiger partial charge in [-0.3, -0.25) is 10.1 Å². The quantitative estimate of drug-likeness (QED) is 0.372. The first-order chi connectivity index (χ1) is 7.63. The lowest BCUT2D eigenvalue weighted by Gasteiger charge is -2.22. The topological polar surface area (TPSA) is 90.7 Å². The minimum absolute atomic E-state index is 0.108. The first-order valence-electron chi connectivity index (χ1n) is 4.95. The molecular formula is C11H13N3O2. The van der Waals surface area contributed by atoms with E-state index in [1.807, 2.05) is 12.1 Å². The Kier molecular flexibility index (Phi) is 6.33. The van der Waals surface area contributed by atoms with E-state index < -0.39 is 5.54 Å². The van der Waals surface area contributed by atoms with Crippen LogP contribution in [-0.2, 0) is 0 Å². The lowest BCUT2D eigenvalue weighted by Crippen LogP contribution is -2.38. The summed E-state index contributed by atoms with van der Waals surface area (Å²) in [6.07, 6.45) is 6.12. The number of nitro groups is 1. The van der Waals surface area contributed by atoms with E-state index >= 15 is 0 Å². The molecule has 0 atom stereocenters. The van der Waals surface area contributed by atoms with Crippen molar-refractivity contribution < 1.29 is 4.92 Å². The summed E-state index contributed by atoms with van der Waals surface area (Å²) < 4.78 is 0. The molecule has 0 heterocycles. The highest BCUT2D eigenvalue weighted by Gasteiger charge is 2.41. The van der Waals surface area contributed by atoms with E-state index in [0.29, 0.717) is 0 Å². The largest absolute Gasteiger partial charge is 0.264 e. The average molecular weight is 219 g/mol. The molecule has 0 bridgehead atoms. The highest BCUT2D eigenvalue weighted by atomic mass is 16.6. The molecule has 84 valence electrons.